The molecule has 0 spiro atoms. The van der Waals surface area contributed by atoms with E-state index in [2.05, 4.69) is 0 Å². The highest BCUT2D eigenvalue weighted by atomic mass is 35.5. The summed E-state index contributed by atoms with van der Waals surface area (Å²) >= 11 is 5.97. The minimum atomic E-state index is -0.745. The van der Waals surface area contributed by atoms with Crippen molar-refractivity contribution in [1.82, 2.24) is 4.90 Å². The Morgan fingerprint density at radius 1 is 1.47 bits per heavy atom. The quantitative estimate of drug-likeness (QED) is 0.908. The van der Waals surface area contributed by atoms with E-state index in [1.807, 2.05) is 17.0 Å². The van der Waals surface area contributed by atoms with Gasteiger partial charge >= 0.3 is 5.97 Å². The van der Waals surface area contributed by atoms with Gasteiger partial charge in [0.1, 0.15) is 18.4 Å². The maximum atomic E-state index is 11.0. The van der Waals surface area contributed by atoms with Crippen LogP contribution in [0.2, 0.25) is 5.02 Å². The molecule has 106 valence electrons. The van der Waals surface area contributed by atoms with Gasteiger partial charge in [0.15, 0.2) is 0 Å². The Morgan fingerprint density at radius 2 is 2.21 bits per heavy atom. The van der Waals surface area contributed by atoms with Crippen LogP contribution in [0.15, 0.2) is 24.3 Å². The fourth-order valence-electron chi connectivity index (χ4n) is 2.21. The van der Waals surface area contributed by atoms with Crippen LogP contribution in [-0.4, -0.2) is 41.7 Å². The molecule has 1 aliphatic heterocycles. The molecule has 1 heterocycles. The topological polar surface area (TPSA) is 49.8 Å². The van der Waals surface area contributed by atoms with Crippen LogP contribution >= 0.6 is 24.0 Å². The number of carboxylic acid groups (broad SMARTS) is 1. The Bertz CT molecular complexity index is 428. The first-order chi connectivity index (χ1) is 8.68. The van der Waals surface area contributed by atoms with Crippen LogP contribution in [0.25, 0.3) is 0 Å². The number of benzene rings is 1. The summed E-state index contributed by atoms with van der Waals surface area (Å²) in [7, 11) is 0. The van der Waals surface area contributed by atoms with Crippen molar-refractivity contribution in [3.8, 4) is 5.75 Å². The van der Waals surface area contributed by atoms with Crippen molar-refractivity contribution in [2.24, 2.45) is 0 Å². The Labute approximate surface area is 123 Å². The maximum absolute atomic E-state index is 11.0. The van der Waals surface area contributed by atoms with Crippen LogP contribution in [-0.2, 0) is 4.79 Å². The number of aliphatic carboxylic acids is 1. The number of para-hydroxylation sites is 1. The van der Waals surface area contributed by atoms with E-state index in [0.29, 0.717) is 23.9 Å². The van der Waals surface area contributed by atoms with Gasteiger partial charge in [-0.1, -0.05) is 23.7 Å². The van der Waals surface area contributed by atoms with Crippen LogP contribution in [0.1, 0.15) is 12.8 Å². The number of carboxylic acids is 1. The van der Waals surface area contributed by atoms with E-state index >= 15 is 0 Å². The Hall–Kier alpha value is -0.970. The predicted molar refractivity (Wildman–Crippen MR) is 76.4 cm³/mol. The van der Waals surface area contributed by atoms with Gasteiger partial charge < -0.3 is 9.84 Å². The summed E-state index contributed by atoms with van der Waals surface area (Å²) in [6.45, 7) is 1.89. The molecule has 1 aliphatic rings. The van der Waals surface area contributed by atoms with E-state index in [1.165, 1.54) is 0 Å². The van der Waals surface area contributed by atoms with Crippen molar-refractivity contribution in [2.45, 2.75) is 18.9 Å². The summed E-state index contributed by atoms with van der Waals surface area (Å²) < 4.78 is 5.56. The molecule has 0 saturated carbocycles. The smallest absolute Gasteiger partial charge is 0.320 e. The number of hydrogen-bond acceptors (Lipinski definition) is 3. The van der Waals surface area contributed by atoms with E-state index in [4.69, 9.17) is 21.4 Å². The largest absolute Gasteiger partial charge is 0.491 e. The summed E-state index contributed by atoms with van der Waals surface area (Å²) in [5.41, 5.74) is 0. The van der Waals surface area contributed by atoms with Crippen molar-refractivity contribution < 1.29 is 14.6 Å². The first-order valence-corrected chi connectivity index (χ1v) is 6.40. The van der Waals surface area contributed by atoms with Gasteiger partial charge in [0.2, 0.25) is 0 Å². The van der Waals surface area contributed by atoms with Crippen LogP contribution in [0.5, 0.6) is 5.75 Å². The normalized spacial score (nSPS) is 18.9. The molecule has 0 bridgehead atoms. The average molecular weight is 306 g/mol. The van der Waals surface area contributed by atoms with E-state index < -0.39 is 5.97 Å². The summed E-state index contributed by atoms with van der Waals surface area (Å²) in [6.07, 6.45) is 1.66. The number of halogens is 2. The zero-order valence-corrected chi connectivity index (χ0v) is 12.0. The van der Waals surface area contributed by atoms with Gasteiger partial charge in [0.25, 0.3) is 0 Å². The van der Waals surface area contributed by atoms with Crippen molar-refractivity contribution >= 4 is 30.0 Å². The van der Waals surface area contributed by atoms with E-state index in [0.717, 1.165) is 19.4 Å². The highest BCUT2D eigenvalue weighted by Gasteiger charge is 2.29. The van der Waals surface area contributed by atoms with Gasteiger partial charge in [-0.2, -0.15) is 0 Å². The average Bonchev–Trinajstić information content (AvgIpc) is 2.80. The number of likely N-dealkylation sites (tertiary alicyclic amines) is 1. The van der Waals surface area contributed by atoms with E-state index in [9.17, 15) is 4.79 Å². The third-order valence-electron chi connectivity index (χ3n) is 3.12. The van der Waals surface area contributed by atoms with Gasteiger partial charge in [-0.3, -0.25) is 9.69 Å². The predicted octanol–water partition coefficient (Wildman–Crippen LogP) is 2.69. The Morgan fingerprint density at radius 3 is 2.89 bits per heavy atom. The van der Waals surface area contributed by atoms with E-state index in [-0.39, 0.29) is 18.4 Å². The highest BCUT2D eigenvalue weighted by molar-refractivity contribution is 6.32. The van der Waals surface area contributed by atoms with Crippen LogP contribution in [0.3, 0.4) is 0 Å². The maximum Gasteiger partial charge on any atom is 0.320 e. The Balaban J connectivity index is 0.00000180. The molecule has 0 aromatic heterocycles. The standard InChI is InChI=1S/C13H16ClNO3.ClH/c14-10-4-1-2-6-12(10)18-9-8-15-7-3-5-11(15)13(16)17;/h1-2,4,6,11H,3,5,7-9H2,(H,16,17);1H/t11-;/m0./s1. The molecular formula is C13H17Cl2NO3. The van der Waals surface area contributed by atoms with Crippen LogP contribution in [0, 0.1) is 0 Å². The van der Waals surface area contributed by atoms with Gasteiger partial charge in [-0.15, -0.1) is 12.4 Å². The number of nitrogens with zero attached hydrogens (tertiary/aromatic N) is 1. The Kier molecular flexibility index (Phi) is 6.42. The molecule has 0 amide bonds. The van der Waals surface area contributed by atoms with Crippen molar-refractivity contribution in [2.75, 3.05) is 19.7 Å². The van der Waals surface area contributed by atoms with Gasteiger partial charge in [0.05, 0.1) is 5.02 Å². The lowest BCUT2D eigenvalue weighted by Gasteiger charge is -2.21. The second-order valence-corrected chi connectivity index (χ2v) is 4.72. The van der Waals surface area contributed by atoms with Crippen molar-refractivity contribution in [3.05, 3.63) is 29.3 Å². The molecule has 2 rings (SSSR count). The summed E-state index contributed by atoms with van der Waals surface area (Å²) in [4.78, 5) is 12.9. The highest BCUT2D eigenvalue weighted by Crippen LogP contribution is 2.23. The fraction of sp³-hybridized carbons (Fsp3) is 0.462. The number of carbonyl (C=O) groups is 1. The second-order valence-electron chi connectivity index (χ2n) is 4.31. The molecule has 4 nitrogen and oxygen atoms in total. The lowest BCUT2D eigenvalue weighted by molar-refractivity contribution is -0.142. The minimum Gasteiger partial charge on any atom is -0.491 e. The molecule has 6 heteroatoms. The molecule has 1 aromatic rings. The van der Waals surface area contributed by atoms with E-state index in [1.54, 1.807) is 12.1 Å². The SMILES string of the molecule is Cl.O=C(O)[C@@H]1CCCN1CCOc1ccccc1Cl. The first kappa shape index (κ1) is 16.1. The third kappa shape index (κ3) is 4.27. The van der Waals surface area contributed by atoms with Gasteiger partial charge in [0, 0.05) is 6.54 Å². The molecule has 0 aliphatic carbocycles. The number of hydrogen-bond donors (Lipinski definition) is 1. The van der Waals surface area contributed by atoms with Crippen molar-refractivity contribution in [1.29, 1.82) is 0 Å². The lowest BCUT2D eigenvalue weighted by Crippen LogP contribution is -2.38. The molecule has 0 unspecified atom stereocenters. The third-order valence-corrected chi connectivity index (χ3v) is 3.43. The minimum absolute atomic E-state index is 0. The van der Waals surface area contributed by atoms with Crippen molar-refractivity contribution in [3.63, 3.8) is 0 Å². The van der Waals surface area contributed by atoms with Gasteiger partial charge in [-0.25, -0.2) is 0 Å². The number of ether oxygens (including phenoxy) is 1. The molecule has 19 heavy (non-hydrogen) atoms. The number of rotatable bonds is 5. The van der Waals surface area contributed by atoms with Gasteiger partial charge in [-0.05, 0) is 31.5 Å². The first-order valence-electron chi connectivity index (χ1n) is 6.02. The molecule has 1 fully saturated rings. The molecule has 0 radical (unpaired) electrons. The second kappa shape index (κ2) is 7.58. The summed E-state index contributed by atoms with van der Waals surface area (Å²) in [5.74, 6) is -0.101. The summed E-state index contributed by atoms with van der Waals surface area (Å²) in [5, 5.41) is 9.62. The molecule has 1 saturated heterocycles. The monoisotopic (exact) mass is 305 g/mol. The molecule has 1 aromatic carbocycles. The zero-order chi connectivity index (χ0) is 13.0. The lowest BCUT2D eigenvalue weighted by atomic mass is 10.2. The van der Waals surface area contributed by atoms with Crippen LogP contribution in [0.4, 0.5) is 0 Å². The molecule has 1 atom stereocenters. The molecular weight excluding hydrogens is 289 g/mol. The molecule has 1 N–H and O–H groups in total. The van der Waals surface area contributed by atoms with Crippen LogP contribution < -0.4 is 4.74 Å². The summed E-state index contributed by atoms with van der Waals surface area (Å²) in [6, 6.07) is 6.92. The fourth-order valence-corrected chi connectivity index (χ4v) is 2.40. The zero-order valence-electron chi connectivity index (χ0n) is 10.4.